The topological polar surface area (TPSA) is 69.5 Å². The Morgan fingerprint density at radius 3 is 2.37 bits per heavy atom. The molecule has 3 aromatic rings. The average molecular weight is 487 g/mol. The minimum atomic E-state index is -0.352. The fourth-order valence-electron chi connectivity index (χ4n) is 4.83. The summed E-state index contributed by atoms with van der Waals surface area (Å²) in [5, 5.41) is 10.8. The molecule has 178 valence electrons. The first kappa shape index (κ1) is 23.3. The van der Waals surface area contributed by atoms with Crippen molar-refractivity contribution in [3.05, 3.63) is 81.9 Å². The second kappa shape index (κ2) is 9.33. The van der Waals surface area contributed by atoms with Gasteiger partial charge in [0.2, 0.25) is 0 Å². The summed E-state index contributed by atoms with van der Waals surface area (Å²) in [5.41, 5.74) is 4.78. The fraction of sp³-hybridized carbons (Fsp3) is 0.321. The van der Waals surface area contributed by atoms with E-state index in [0.29, 0.717) is 61.2 Å². The highest BCUT2D eigenvalue weighted by molar-refractivity contribution is 6.30. The van der Waals surface area contributed by atoms with Gasteiger partial charge in [-0.3, -0.25) is 4.79 Å². The van der Waals surface area contributed by atoms with Crippen LogP contribution in [0.2, 0.25) is 5.02 Å². The van der Waals surface area contributed by atoms with E-state index in [2.05, 4.69) is 24.8 Å². The lowest BCUT2D eigenvalue weighted by molar-refractivity contribution is -0.0400. The van der Waals surface area contributed by atoms with Crippen LogP contribution in [0.15, 0.2) is 54.6 Å². The van der Waals surface area contributed by atoms with Crippen molar-refractivity contribution in [3.8, 4) is 17.3 Å². The predicted octanol–water partition coefficient (Wildman–Crippen LogP) is 5.09. The molecule has 0 unspecified atom stereocenters. The maximum Gasteiger partial charge on any atom is 0.253 e. The number of carbonyl (C=O) groups is 1. The van der Waals surface area contributed by atoms with Crippen molar-refractivity contribution in [3.63, 3.8) is 0 Å². The number of benzene rings is 2. The number of ether oxygens (including phenoxy) is 1. The molecule has 1 fully saturated rings. The van der Waals surface area contributed by atoms with Gasteiger partial charge in [-0.2, -0.15) is 5.26 Å². The molecular formula is C28H27ClN4O2. The molecule has 5 rings (SSSR count). The number of carbonyl (C=O) groups excluding carboxylic acids is 1. The first-order valence-electron chi connectivity index (χ1n) is 11.8. The Morgan fingerprint density at radius 1 is 1.03 bits per heavy atom. The van der Waals surface area contributed by atoms with Crippen molar-refractivity contribution < 1.29 is 9.53 Å². The molecule has 7 heteroatoms. The van der Waals surface area contributed by atoms with Crippen LogP contribution in [0.1, 0.15) is 40.9 Å². The Balaban J connectivity index is 1.48. The van der Waals surface area contributed by atoms with Crippen LogP contribution in [0.25, 0.3) is 11.3 Å². The highest BCUT2D eigenvalue weighted by atomic mass is 35.5. The summed E-state index contributed by atoms with van der Waals surface area (Å²) in [7, 11) is 0. The molecule has 0 radical (unpaired) electrons. The monoisotopic (exact) mass is 486 g/mol. The number of nitrogens with zero attached hydrogens (tertiary/aromatic N) is 4. The average Bonchev–Trinajstić information content (AvgIpc) is 2.88. The van der Waals surface area contributed by atoms with E-state index in [9.17, 15) is 10.1 Å². The van der Waals surface area contributed by atoms with Crippen molar-refractivity contribution in [1.82, 2.24) is 9.88 Å². The number of aromatic nitrogens is 1. The minimum absolute atomic E-state index is 0.0101. The van der Waals surface area contributed by atoms with Gasteiger partial charge in [0.25, 0.3) is 5.91 Å². The van der Waals surface area contributed by atoms with Crippen LogP contribution in [-0.4, -0.2) is 47.6 Å². The van der Waals surface area contributed by atoms with Gasteiger partial charge in [-0.05, 0) is 43.7 Å². The lowest BCUT2D eigenvalue weighted by atomic mass is 9.86. The molecule has 1 saturated heterocycles. The summed E-state index contributed by atoms with van der Waals surface area (Å²) < 4.78 is 6.11. The third-order valence-corrected chi connectivity index (χ3v) is 6.97. The van der Waals surface area contributed by atoms with E-state index in [1.165, 1.54) is 0 Å². The summed E-state index contributed by atoms with van der Waals surface area (Å²) in [4.78, 5) is 22.0. The van der Waals surface area contributed by atoms with E-state index >= 15 is 0 Å². The molecule has 6 nitrogen and oxygen atoms in total. The molecule has 0 bridgehead atoms. The highest BCUT2D eigenvalue weighted by Crippen LogP contribution is 2.39. The van der Waals surface area contributed by atoms with Gasteiger partial charge in [-0.1, -0.05) is 41.9 Å². The molecule has 3 heterocycles. The summed E-state index contributed by atoms with van der Waals surface area (Å²) in [6.07, 6.45) is 0.648. The quantitative estimate of drug-likeness (QED) is 0.516. The Kier molecular flexibility index (Phi) is 6.22. The molecule has 0 spiro atoms. The lowest BCUT2D eigenvalue weighted by Gasteiger charge is -2.38. The molecule has 2 aromatic carbocycles. The Morgan fingerprint density at radius 2 is 1.71 bits per heavy atom. The lowest BCUT2D eigenvalue weighted by Crippen LogP contribution is -2.49. The first-order valence-corrected chi connectivity index (χ1v) is 12.2. The maximum absolute atomic E-state index is 13.0. The van der Waals surface area contributed by atoms with Crippen LogP contribution in [0, 0.1) is 11.3 Å². The van der Waals surface area contributed by atoms with Gasteiger partial charge in [0.1, 0.15) is 11.9 Å². The fourth-order valence-corrected chi connectivity index (χ4v) is 4.96. The van der Waals surface area contributed by atoms with Gasteiger partial charge in [0.05, 0.1) is 23.5 Å². The number of piperazine rings is 1. The molecular weight excluding hydrogens is 460 g/mol. The largest absolute Gasteiger partial charge is 0.370 e. The number of fused-ring (bicyclic) bond motifs is 1. The van der Waals surface area contributed by atoms with E-state index in [4.69, 9.17) is 21.3 Å². The van der Waals surface area contributed by atoms with E-state index < -0.39 is 0 Å². The Labute approximate surface area is 210 Å². The molecule has 2 aliphatic rings. The van der Waals surface area contributed by atoms with Crippen LogP contribution in [-0.2, 0) is 17.8 Å². The number of halogens is 1. The van der Waals surface area contributed by atoms with Crippen molar-refractivity contribution in [1.29, 1.82) is 5.26 Å². The molecule has 35 heavy (non-hydrogen) atoms. The van der Waals surface area contributed by atoms with Crippen LogP contribution < -0.4 is 4.90 Å². The van der Waals surface area contributed by atoms with Gasteiger partial charge in [0, 0.05) is 54.3 Å². The van der Waals surface area contributed by atoms with Crippen LogP contribution in [0.5, 0.6) is 0 Å². The number of nitriles is 1. The van der Waals surface area contributed by atoms with Crippen molar-refractivity contribution in [2.75, 3.05) is 31.1 Å². The molecule has 0 N–H and O–H groups in total. The Bertz CT molecular complexity index is 1290. The number of hydrogen-bond acceptors (Lipinski definition) is 5. The van der Waals surface area contributed by atoms with Gasteiger partial charge in [-0.25, -0.2) is 4.98 Å². The van der Waals surface area contributed by atoms with Crippen molar-refractivity contribution >= 4 is 23.3 Å². The van der Waals surface area contributed by atoms with Crippen LogP contribution >= 0.6 is 11.6 Å². The SMILES string of the molecule is CC1(C)Cc2c(C#N)c(N3CCN(C(=O)c4ccc(Cl)cc4)CC3)nc(-c3ccccc3)c2CO1. The third kappa shape index (κ3) is 4.62. The van der Waals surface area contributed by atoms with E-state index in [1.807, 2.05) is 35.2 Å². The normalized spacial score (nSPS) is 17.0. The summed E-state index contributed by atoms with van der Waals surface area (Å²) >= 11 is 5.97. The van der Waals surface area contributed by atoms with E-state index in [1.54, 1.807) is 24.3 Å². The van der Waals surface area contributed by atoms with Crippen LogP contribution in [0.4, 0.5) is 5.82 Å². The third-order valence-electron chi connectivity index (χ3n) is 6.72. The minimum Gasteiger partial charge on any atom is -0.370 e. The number of amides is 1. The number of hydrogen-bond donors (Lipinski definition) is 0. The van der Waals surface area contributed by atoms with Crippen LogP contribution in [0.3, 0.4) is 0 Å². The molecule has 0 saturated carbocycles. The summed E-state index contributed by atoms with van der Waals surface area (Å²) in [6.45, 7) is 6.86. The zero-order chi connectivity index (χ0) is 24.6. The molecule has 2 aliphatic heterocycles. The number of pyridine rings is 1. The maximum atomic E-state index is 13.0. The molecule has 1 aromatic heterocycles. The van der Waals surface area contributed by atoms with Gasteiger partial charge in [0.15, 0.2) is 0 Å². The van der Waals surface area contributed by atoms with Gasteiger partial charge >= 0.3 is 0 Å². The number of anilines is 1. The molecule has 0 atom stereocenters. The smallest absolute Gasteiger partial charge is 0.253 e. The van der Waals surface area contributed by atoms with Gasteiger partial charge < -0.3 is 14.5 Å². The van der Waals surface area contributed by atoms with E-state index in [-0.39, 0.29) is 11.5 Å². The Hall–Kier alpha value is -3.40. The van der Waals surface area contributed by atoms with Crippen molar-refractivity contribution in [2.24, 2.45) is 0 Å². The zero-order valence-electron chi connectivity index (χ0n) is 19.9. The first-order chi connectivity index (χ1) is 16.9. The van der Waals surface area contributed by atoms with Crippen molar-refractivity contribution in [2.45, 2.75) is 32.5 Å². The highest BCUT2D eigenvalue weighted by Gasteiger charge is 2.34. The molecule has 0 aliphatic carbocycles. The zero-order valence-corrected chi connectivity index (χ0v) is 20.7. The second-order valence-corrected chi connectivity index (χ2v) is 10.0. The van der Waals surface area contributed by atoms with E-state index in [0.717, 1.165) is 22.4 Å². The predicted molar refractivity (Wildman–Crippen MR) is 137 cm³/mol. The summed E-state index contributed by atoms with van der Waals surface area (Å²) in [6, 6.07) is 19.5. The standard InChI is InChI=1S/C28H27ClN4O2/c1-28(2)16-22-23(17-30)26(31-25(24(22)18-35-28)19-6-4-3-5-7-19)32-12-14-33(15-13-32)27(34)20-8-10-21(29)11-9-20/h3-11H,12-16,18H2,1-2H3. The molecule has 1 amide bonds. The second-order valence-electron chi connectivity index (χ2n) is 9.61. The summed E-state index contributed by atoms with van der Waals surface area (Å²) in [5.74, 6) is 0.686. The number of rotatable bonds is 3. The van der Waals surface area contributed by atoms with Gasteiger partial charge in [-0.15, -0.1) is 0 Å².